The van der Waals surface area contributed by atoms with Crippen LogP contribution in [0, 0.1) is 5.82 Å². The van der Waals surface area contributed by atoms with Crippen molar-refractivity contribution in [3.63, 3.8) is 0 Å². The number of rotatable bonds is 5. The highest BCUT2D eigenvalue weighted by molar-refractivity contribution is 6.36. The number of benzene rings is 2. The molecule has 2 atom stereocenters. The molecule has 1 spiro atoms. The lowest BCUT2D eigenvalue weighted by molar-refractivity contribution is 0.107. The number of fused-ring (bicyclic) bond motifs is 3. The van der Waals surface area contributed by atoms with Crippen LogP contribution in [0.1, 0.15) is 32.1 Å². The fourth-order valence-electron chi connectivity index (χ4n) is 7.69. The van der Waals surface area contributed by atoms with Crippen LogP contribution in [0.15, 0.2) is 36.5 Å². The number of halogens is 3. The minimum atomic E-state index is -0.881. The molecule has 0 radical (unpaired) electrons. The Hall–Kier alpha value is -3.34. The Morgan fingerprint density at radius 2 is 2.05 bits per heavy atom. The zero-order valence-electron chi connectivity index (χ0n) is 23.0. The number of anilines is 1. The van der Waals surface area contributed by atoms with E-state index in [4.69, 9.17) is 21.3 Å². The highest BCUT2D eigenvalue weighted by atomic mass is 35.5. The molecule has 8 nitrogen and oxygen atoms in total. The molecule has 4 aliphatic rings. The summed E-state index contributed by atoms with van der Waals surface area (Å²) in [5.41, 5.74) is 0.146. The second-order valence-corrected chi connectivity index (χ2v) is 12.8. The number of phenols is 1. The summed E-state index contributed by atoms with van der Waals surface area (Å²) in [4.78, 5) is 18.2. The lowest BCUT2D eigenvalue weighted by Crippen LogP contribution is -2.67. The Morgan fingerprint density at radius 3 is 2.88 bits per heavy atom. The first-order valence-corrected chi connectivity index (χ1v) is 15.0. The molecule has 218 valence electrons. The molecule has 11 heteroatoms. The summed E-state index contributed by atoms with van der Waals surface area (Å²) in [6, 6.07) is 8.43. The van der Waals surface area contributed by atoms with Crippen LogP contribution in [-0.2, 0) is 0 Å². The van der Waals surface area contributed by atoms with Crippen molar-refractivity contribution in [2.24, 2.45) is 0 Å². The summed E-state index contributed by atoms with van der Waals surface area (Å²) in [5.74, 6) is -0.0967. The Kier molecular flexibility index (Phi) is 6.00. The van der Waals surface area contributed by atoms with E-state index >= 15 is 4.39 Å². The molecule has 42 heavy (non-hydrogen) atoms. The smallest absolute Gasteiger partial charge is 0.319 e. The summed E-state index contributed by atoms with van der Waals surface area (Å²) in [5, 5.41) is 16.2. The topological polar surface area (TPSA) is 86.6 Å². The van der Waals surface area contributed by atoms with E-state index in [0.29, 0.717) is 45.5 Å². The number of aromatic nitrogens is 3. The van der Waals surface area contributed by atoms with Crippen molar-refractivity contribution in [1.29, 1.82) is 0 Å². The molecular formula is C31H31ClF2N6O2. The van der Waals surface area contributed by atoms with E-state index in [9.17, 15) is 9.50 Å². The van der Waals surface area contributed by atoms with Crippen molar-refractivity contribution in [1.82, 2.24) is 25.2 Å². The minimum absolute atomic E-state index is 0.0218. The largest absolute Gasteiger partial charge is 0.508 e. The van der Waals surface area contributed by atoms with Gasteiger partial charge in [0.2, 0.25) is 0 Å². The SMILES string of the molecule is Oc1cc(-c2ncc3c(N4CC5(CCCN5)C4)nc(OC[C@@]45CCCN4C[C@H](F)C5)nc3c2F)c2c(Cl)cccc2c1. The van der Waals surface area contributed by atoms with Crippen LogP contribution < -0.4 is 15.0 Å². The van der Waals surface area contributed by atoms with E-state index < -0.39 is 12.0 Å². The van der Waals surface area contributed by atoms with E-state index in [-0.39, 0.29) is 40.7 Å². The van der Waals surface area contributed by atoms with Crippen LogP contribution in [0.4, 0.5) is 14.6 Å². The first kappa shape index (κ1) is 26.3. The van der Waals surface area contributed by atoms with Crippen molar-refractivity contribution in [3.8, 4) is 23.0 Å². The first-order chi connectivity index (χ1) is 20.3. The van der Waals surface area contributed by atoms with Gasteiger partial charge in [0, 0.05) is 48.2 Å². The van der Waals surface area contributed by atoms with Crippen molar-refractivity contribution >= 4 is 39.1 Å². The number of hydrogen-bond donors (Lipinski definition) is 2. The molecule has 2 N–H and O–H groups in total. The molecule has 0 unspecified atom stereocenters. The van der Waals surface area contributed by atoms with Gasteiger partial charge in [0.1, 0.15) is 35.6 Å². The van der Waals surface area contributed by atoms with Crippen LogP contribution in [0.3, 0.4) is 0 Å². The number of alkyl halides is 1. The maximum Gasteiger partial charge on any atom is 0.319 e. The molecule has 0 saturated carbocycles. The number of aromatic hydroxyl groups is 1. The lowest BCUT2D eigenvalue weighted by atomic mass is 9.88. The summed E-state index contributed by atoms with van der Waals surface area (Å²) < 4.78 is 37.2. The highest BCUT2D eigenvalue weighted by Crippen LogP contribution is 2.43. The number of nitrogens with one attached hydrogen (secondary N) is 1. The summed E-state index contributed by atoms with van der Waals surface area (Å²) in [6.07, 6.45) is 5.18. The highest BCUT2D eigenvalue weighted by Gasteiger charge is 2.50. The molecule has 4 fully saturated rings. The van der Waals surface area contributed by atoms with E-state index in [2.05, 4.69) is 25.1 Å². The van der Waals surface area contributed by atoms with Crippen molar-refractivity contribution < 1.29 is 18.6 Å². The molecule has 8 rings (SSSR count). The van der Waals surface area contributed by atoms with Gasteiger partial charge in [-0.25, -0.2) is 8.78 Å². The number of ether oxygens (including phenoxy) is 1. The molecule has 2 aromatic carbocycles. The molecule has 0 bridgehead atoms. The predicted octanol–water partition coefficient (Wildman–Crippen LogP) is 5.24. The fourth-order valence-corrected chi connectivity index (χ4v) is 7.97. The summed E-state index contributed by atoms with van der Waals surface area (Å²) in [7, 11) is 0. The third-order valence-corrected chi connectivity index (χ3v) is 9.97. The lowest BCUT2D eigenvalue weighted by Gasteiger charge is -2.49. The maximum atomic E-state index is 16.6. The minimum Gasteiger partial charge on any atom is -0.508 e. The molecule has 6 heterocycles. The van der Waals surface area contributed by atoms with Gasteiger partial charge in [-0.3, -0.25) is 9.88 Å². The predicted molar refractivity (Wildman–Crippen MR) is 158 cm³/mol. The average molecular weight is 593 g/mol. The van der Waals surface area contributed by atoms with Crippen molar-refractivity contribution in [3.05, 3.63) is 47.4 Å². The molecule has 4 aromatic rings. The standard InChI is InChI=1S/C31H31ClF2N6O2/c32-23-5-1-4-18-10-20(41)11-21(24(18)23)26-25(34)27-22(13-35-26)28(39-15-30(16-39)6-2-8-36-30)38-29(37-27)42-17-31-7-3-9-40(31)14-19(33)12-31/h1,4-5,10-11,13,19,36,41H,2-3,6-9,12,14-17H2/t19-,31+/m1/s1. The Labute approximate surface area is 246 Å². The summed E-state index contributed by atoms with van der Waals surface area (Å²) >= 11 is 6.55. The van der Waals surface area contributed by atoms with Crippen LogP contribution >= 0.6 is 11.6 Å². The van der Waals surface area contributed by atoms with Gasteiger partial charge in [-0.2, -0.15) is 9.97 Å². The van der Waals surface area contributed by atoms with Crippen LogP contribution in [0.25, 0.3) is 32.9 Å². The molecule has 4 aliphatic heterocycles. The van der Waals surface area contributed by atoms with Gasteiger partial charge in [0.05, 0.1) is 16.5 Å². The zero-order chi connectivity index (χ0) is 28.6. The van der Waals surface area contributed by atoms with E-state index in [0.717, 1.165) is 51.9 Å². The van der Waals surface area contributed by atoms with Gasteiger partial charge < -0.3 is 20.1 Å². The third-order valence-electron chi connectivity index (χ3n) is 9.66. The third kappa shape index (κ3) is 4.10. The Morgan fingerprint density at radius 1 is 1.17 bits per heavy atom. The van der Waals surface area contributed by atoms with Gasteiger partial charge in [-0.05, 0) is 62.4 Å². The number of pyridine rings is 1. The van der Waals surface area contributed by atoms with E-state index in [1.54, 1.807) is 24.4 Å². The molecule has 0 aliphatic carbocycles. The normalized spacial score (nSPS) is 25.0. The van der Waals surface area contributed by atoms with Gasteiger partial charge in [-0.15, -0.1) is 0 Å². The average Bonchev–Trinajstić information content (AvgIpc) is 3.65. The molecule has 4 saturated heterocycles. The summed E-state index contributed by atoms with van der Waals surface area (Å²) in [6.45, 7) is 3.99. The molecule has 0 amide bonds. The number of phenolic OH excluding ortho intramolecular Hbond substituents is 1. The van der Waals surface area contributed by atoms with Gasteiger partial charge in [0.15, 0.2) is 5.82 Å². The fraction of sp³-hybridized carbons (Fsp3) is 0.452. The number of nitrogens with zero attached hydrogens (tertiary/aromatic N) is 5. The molecule has 2 aromatic heterocycles. The van der Waals surface area contributed by atoms with E-state index in [1.165, 1.54) is 6.07 Å². The monoisotopic (exact) mass is 592 g/mol. The second-order valence-electron chi connectivity index (χ2n) is 12.4. The van der Waals surface area contributed by atoms with E-state index in [1.807, 2.05) is 6.07 Å². The number of hydrogen-bond acceptors (Lipinski definition) is 8. The Bertz CT molecular complexity index is 1730. The second kappa shape index (κ2) is 9.59. The Balaban J connectivity index is 1.23. The van der Waals surface area contributed by atoms with Gasteiger partial charge in [-0.1, -0.05) is 23.7 Å². The molecular weight excluding hydrogens is 562 g/mol. The van der Waals surface area contributed by atoms with Crippen LogP contribution in [0.5, 0.6) is 11.8 Å². The van der Waals surface area contributed by atoms with Crippen LogP contribution in [0.2, 0.25) is 5.02 Å². The van der Waals surface area contributed by atoms with Gasteiger partial charge in [0.25, 0.3) is 0 Å². The van der Waals surface area contributed by atoms with Crippen LogP contribution in [-0.4, -0.2) is 81.5 Å². The maximum absolute atomic E-state index is 16.6. The zero-order valence-corrected chi connectivity index (χ0v) is 23.8. The quantitative estimate of drug-likeness (QED) is 0.325. The van der Waals surface area contributed by atoms with Crippen molar-refractivity contribution in [2.75, 3.05) is 44.2 Å². The van der Waals surface area contributed by atoms with Gasteiger partial charge >= 0.3 is 6.01 Å². The van der Waals surface area contributed by atoms with Crippen molar-refractivity contribution in [2.45, 2.75) is 49.4 Å². The first-order valence-electron chi connectivity index (χ1n) is 14.6.